The van der Waals surface area contributed by atoms with E-state index in [1.54, 1.807) is 4.90 Å². The number of amides is 1. The highest BCUT2D eigenvalue weighted by Gasteiger charge is 2.51. The van der Waals surface area contributed by atoms with E-state index in [0.29, 0.717) is 39.1 Å². The van der Waals surface area contributed by atoms with Gasteiger partial charge < -0.3 is 25.2 Å². The van der Waals surface area contributed by atoms with Crippen molar-refractivity contribution >= 4 is 23.8 Å². The van der Waals surface area contributed by atoms with Crippen LogP contribution in [0.3, 0.4) is 0 Å². The van der Waals surface area contributed by atoms with Crippen molar-refractivity contribution in [2.24, 2.45) is 0 Å². The summed E-state index contributed by atoms with van der Waals surface area (Å²) in [6.07, 6.45) is -5.25. The number of nitrogens with zero attached hydrogens (tertiary/aromatic N) is 6. The molecule has 2 aromatic rings. The van der Waals surface area contributed by atoms with E-state index in [1.807, 2.05) is 0 Å². The third kappa shape index (κ3) is 3.88. The zero-order valence-electron chi connectivity index (χ0n) is 17.2. The molecule has 3 N–H and O–H groups in total. The molecule has 5 rings (SSSR count). The van der Waals surface area contributed by atoms with Gasteiger partial charge in [-0.1, -0.05) is 0 Å². The number of hydrogen-bond acceptors (Lipinski definition) is 10. The molecule has 33 heavy (non-hydrogen) atoms. The minimum atomic E-state index is -4.82. The summed E-state index contributed by atoms with van der Waals surface area (Å²) in [7, 11) is 0. The van der Waals surface area contributed by atoms with Crippen LogP contribution >= 0.6 is 0 Å². The van der Waals surface area contributed by atoms with Gasteiger partial charge in [-0.05, 0) is 12.8 Å². The van der Waals surface area contributed by atoms with Crippen molar-refractivity contribution < 1.29 is 32.5 Å². The number of fused-ring (bicyclic) bond motifs is 1. The molecule has 14 heteroatoms. The normalized spacial score (nSPS) is 25.3. The summed E-state index contributed by atoms with van der Waals surface area (Å²) in [4.78, 5) is 31.5. The second-order valence-electron chi connectivity index (χ2n) is 7.93. The van der Waals surface area contributed by atoms with Gasteiger partial charge in [0.05, 0.1) is 31.1 Å². The van der Waals surface area contributed by atoms with Gasteiger partial charge in [-0.2, -0.15) is 18.2 Å². The predicted molar refractivity (Wildman–Crippen MR) is 107 cm³/mol. The van der Waals surface area contributed by atoms with Crippen molar-refractivity contribution in [3.63, 3.8) is 0 Å². The van der Waals surface area contributed by atoms with Crippen LogP contribution < -0.4 is 15.5 Å². The Hall–Kier alpha value is -3.26. The van der Waals surface area contributed by atoms with E-state index in [2.05, 4.69) is 19.9 Å². The molecule has 11 nitrogen and oxygen atoms in total. The Balaban J connectivity index is 1.64. The molecule has 176 valence electrons. The molecule has 0 radical (unpaired) electrons. The van der Waals surface area contributed by atoms with Gasteiger partial charge in [0.2, 0.25) is 11.9 Å². The van der Waals surface area contributed by atoms with E-state index in [-0.39, 0.29) is 17.5 Å². The van der Waals surface area contributed by atoms with Crippen molar-refractivity contribution in [1.82, 2.24) is 19.9 Å². The van der Waals surface area contributed by atoms with E-state index < -0.39 is 47.7 Å². The van der Waals surface area contributed by atoms with E-state index in [1.165, 1.54) is 11.0 Å². The second kappa shape index (κ2) is 7.95. The van der Waals surface area contributed by atoms with Crippen LogP contribution in [0.5, 0.6) is 0 Å². The molecule has 0 spiro atoms. The summed E-state index contributed by atoms with van der Waals surface area (Å²) in [5, 5.41) is 10.1. The molecule has 2 aromatic heterocycles. The van der Waals surface area contributed by atoms with Gasteiger partial charge in [0.1, 0.15) is 5.82 Å². The predicted octanol–water partition coefficient (Wildman–Crippen LogP) is 1.22. The molecular formula is C19H20F3N7O4. The fourth-order valence-corrected chi connectivity index (χ4v) is 4.32. The first-order chi connectivity index (χ1) is 15.7. The highest BCUT2D eigenvalue weighted by molar-refractivity contribution is 5.91. The summed E-state index contributed by atoms with van der Waals surface area (Å²) in [6, 6.07) is 0.778. The fraction of sp³-hybridized carbons (Fsp3) is 0.526. The van der Waals surface area contributed by atoms with Gasteiger partial charge in [0.15, 0.2) is 11.8 Å². The van der Waals surface area contributed by atoms with Crippen LogP contribution in [0.4, 0.5) is 35.7 Å². The molecule has 0 aromatic carbocycles. The van der Waals surface area contributed by atoms with Crippen LogP contribution in [0.1, 0.15) is 18.5 Å². The lowest BCUT2D eigenvalue weighted by Crippen LogP contribution is -2.39. The van der Waals surface area contributed by atoms with Crippen LogP contribution in [0.25, 0.3) is 11.3 Å². The number of rotatable bonds is 3. The number of anilines is 3. The van der Waals surface area contributed by atoms with Crippen molar-refractivity contribution in [1.29, 1.82) is 0 Å². The van der Waals surface area contributed by atoms with Crippen LogP contribution in [0.15, 0.2) is 12.3 Å². The summed E-state index contributed by atoms with van der Waals surface area (Å²) >= 11 is 0. The Morgan fingerprint density at radius 2 is 1.91 bits per heavy atom. The van der Waals surface area contributed by atoms with Crippen molar-refractivity contribution in [3.8, 4) is 11.3 Å². The number of halogens is 3. The van der Waals surface area contributed by atoms with Crippen LogP contribution in [0.2, 0.25) is 0 Å². The van der Waals surface area contributed by atoms with Crippen LogP contribution in [-0.2, 0) is 15.7 Å². The quantitative estimate of drug-likeness (QED) is 0.677. The molecule has 2 aliphatic heterocycles. The number of hydrogen-bond donors (Lipinski definition) is 2. The first kappa shape index (κ1) is 21.6. The first-order valence-electron chi connectivity index (χ1n) is 10.3. The third-order valence-electron chi connectivity index (χ3n) is 5.88. The number of nitrogen functional groups attached to an aromatic ring is 1. The van der Waals surface area contributed by atoms with E-state index in [4.69, 9.17) is 15.2 Å². The van der Waals surface area contributed by atoms with Gasteiger partial charge >= 0.3 is 12.3 Å². The minimum Gasteiger partial charge on any atom is -0.441 e. The minimum absolute atomic E-state index is 0.0676. The van der Waals surface area contributed by atoms with Gasteiger partial charge in [0.25, 0.3) is 0 Å². The number of nitrogens with two attached hydrogens (primary N) is 1. The van der Waals surface area contributed by atoms with Gasteiger partial charge in [-0.3, -0.25) is 4.90 Å². The largest absolute Gasteiger partial charge is 0.441 e. The molecule has 1 amide bonds. The molecule has 2 saturated heterocycles. The highest BCUT2D eigenvalue weighted by atomic mass is 19.4. The standard InChI is InChI=1S/C19H20F3N7O4/c20-19(21,22)15-9(8-24-16(23)27-15)10-7-13(26-17(25-10)28-3-5-32-6-4-28)29-11-1-2-12(30)14(11)33-18(29)31/h7-8,11-12,14,30H,1-6H2,(H2,23,24,27)/t11-,12-,14-/m1/s1. The molecule has 0 unspecified atom stereocenters. The van der Waals surface area contributed by atoms with Crippen molar-refractivity contribution in [2.75, 3.05) is 41.8 Å². The van der Waals surface area contributed by atoms with Crippen LogP contribution in [0, 0.1) is 0 Å². The Morgan fingerprint density at radius 3 is 2.64 bits per heavy atom. The number of aliphatic hydroxyl groups excluding tert-OH is 1. The number of morpholine rings is 1. The summed E-state index contributed by atoms with van der Waals surface area (Å²) in [6.45, 7) is 1.62. The molecular weight excluding hydrogens is 447 g/mol. The second-order valence-corrected chi connectivity index (χ2v) is 7.93. The Bertz CT molecular complexity index is 1080. The third-order valence-corrected chi connectivity index (χ3v) is 5.88. The van der Waals surface area contributed by atoms with Crippen molar-refractivity contribution in [3.05, 3.63) is 18.0 Å². The Kier molecular flexibility index (Phi) is 5.20. The van der Waals surface area contributed by atoms with E-state index in [0.717, 1.165) is 6.20 Å². The maximum atomic E-state index is 13.7. The summed E-state index contributed by atoms with van der Waals surface area (Å²) in [5.74, 6) is -0.330. The highest BCUT2D eigenvalue weighted by Crippen LogP contribution is 2.40. The molecule has 4 heterocycles. The first-order valence-corrected chi connectivity index (χ1v) is 10.3. The maximum absolute atomic E-state index is 13.7. The number of aromatic nitrogens is 4. The topological polar surface area (TPSA) is 140 Å². The van der Waals surface area contributed by atoms with Crippen LogP contribution in [-0.4, -0.2) is 75.7 Å². The average Bonchev–Trinajstić information content (AvgIpc) is 3.31. The molecule has 1 aliphatic carbocycles. The Morgan fingerprint density at radius 1 is 1.15 bits per heavy atom. The summed E-state index contributed by atoms with van der Waals surface area (Å²) < 4.78 is 51.8. The lowest BCUT2D eigenvalue weighted by atomic mass is 10.1. The van der Waals surface area contributed by atoms with Crippen molar-refractivity contribution in [2.45, 2.75) is 37.3 Å². The maximum Gasteiger partial charge on any atom is 0.434 e. The zero-order chi connectivity index (χ0) is 23.3. The molecule has 3 aliphatic rings. The average molecular weight is 467 g/mol. The molecule has 3 fully saturated rings. The monoisotopic (exact) mass is 467 g/mol. The number of ether oxygens (including phenoxy) is 2. The van der Waals surface area contributed by atoms with Gasteiger partial charge in [0, 0.05) is 30.9 Å². The number of alkyl halides is 3. The van der Waals surface area contributed by atoms with E-state index in [9.17, 15) is 23.1 Å². The number of aliphatic hydroxyl groups is 1. The van der Waals surface area contributed by atoms with Gasteiger partial charge in [-0.15, -0.1) is 0 Å². The SMILES string of the molecule is Nc1ncc(-c2cc(N3C(=O)O[C@H]4[C@H](O)CC[C@H]43)nc(N3CCOCC3)n2)c(C(F)(F)F)n1. The Labute approximate surface area is 185 Å². The lowest BCUT2D eigenvalue weighted by molar-refractivity contribution is -0.140. The zero-order valence-corrected chi connectivity index (χ0v) is 17.2. The van der Waals surface area contributed by atoms with Gasteiger partial charge in [-0.25, -0.2) is 19.7 Å². The summed E-state index contributed by atoms with van der Waals surface area (Å²) in [5.41, 5.74) is 3.63. The fourth-order valence-electron chi connectivity index (χ4n) is 4.32. The molecule has 3 atom stereocenters. The lowest BCUT2D eigenvalue weighted by Gasteiger charge is -2.28. The number of carbonyl (C=O) groups is 1. The number of carbonyl (C=O) groups excluding carboxylic acids is 1. The van der Waals surface area contributed by atoms with E-state index >= 15 is 0 Å². The molecule has 0 bridgehead atoms. The molecule has 1 saturated carbocycles. The smallest absolute Gasteiger partial charge is 0.434 e.